The van der Waals surface area contributed by atoms with Crippen molar-refractivity contribution in [1.82, 2.24) is 0 Å². The average Bonchev–Trinajstić information content (AvgIpc) is 3.07. The molecule has 0 fully saturated rings. The highest BCUT2D eigenvalue weighted by Gasteiger charge is 2.08. The fourth-order valence-corrected chi connectivity index (χ4v) is 7.55. The summed E-state index contributed by atoms with van der Waals surface area (Å²) in [5.41, 5.74) is 0. The first-order valence-electron chi connectivity index (χ1n) is 22.7. The minimum atomic E-state index is 1.37. The van der Waals surface area contributed by atoms with Gasteiger partial charge in [0.2, 0.25) is 0 Å². The van der Waals surface area contributed by atoms with Crippen LogP contribution in [0.2, 0.25) is 0 Å². The van der Waals surface area contributed by atoms with Crippen molar-refractivity contribution in [1.29, 1.82) is 0 Å². The molecule has 1 N–H and O–H groups in total. The summed E-state index contributed by atoms with van der Waals surface area (Å²) in [6.45, 7) is 11.3. The van der Waals surface area contributed by atoms with Gasteiger partial charge in [-0.25, -0.2) is 0 Å². The summed E-state index contributed by atoms with van der Waals surface area (Å²) in [6, 6.07) is 0. The van der Waals surface area contributed by atoms with Crippen molar-refractivity contribution in [2.24, 2.45) is 0 Å². The van der Waals surface area contributed by atoms with Crippen LogP contribution in [0.15, 0.2) is 0 Å². The first-order chi connectivity index (χ1) is 22.8. The van der Waals surface area contributed by atoms with Crippen molar-refractivity contribution in [2.75, 3.05) is 19.6 Å². The molecule has 0 aliphatic heterocycles. The molecule has 0 atom stereocenters. The number of nitrogens with one attached hydrogen (secondary N) is 1. The van der Waals surface area contributed by atoms with Crippen LogP contribution in [0, 0.1) is 0 Å². The normalized spacial score (nSPS) is 11.7. The third kappa shape index (κ3) is 40.1. The molecular weight excluding hydrogens is 555 g/mol. The number of hydrogen-bond acceptors (Lipinski definition) is 0. The van der Waals surface area contributed by atoms with Crippen molar-refractivity contribution in [3.63, 3.8) is 0 Å². The van der Waals surface area contributed by atoms with Crippen molar-refractivity contribution in [3.05, 3.63) is 0 Å². The van der Waals surface area contributed by atoms with E-state index in [9.17, 15) is 0 Å². The zero-order valence-electron chi connectivity index (χ0n) is 33.2. The first-order valence-corrected chi connectivity index (χ1v) is 22.7. The van der Waals surface area contributed by atoms with E-state index < -0.39 is 0 Å². The first kappa shape index (κ1) is 46.0. The number of quaternary nitrogens is 1. The number of hydrogen-bond donors (Lipinski definition) is 1. The highest BCUT2D eigenvalue weighted by atomic mass is 15.1. The quantitative estimate of drug-likeness (QED) is 0.0628. The van der Waals surface area contributed by atoms with Crippen LogP contribution in [0.1, 0.15) is 271 Å². The second kappa shape index (κ2) is 43.0. The Labute approximate surface area is 295 Å². The Bertz CT molecular complexity index is 430. The van der Waals surface area contributed by atoms with Crippen molar-refractivity contribution < 1.29 is 4.90 Å². The van der Waals surface area contributed by atoms with Crippen LogP contribution in [0.25, 0.3) is 0 Å². The molecule has 0 aromatic carbocycles. The van der Waals surface area contributed by atoms with E-state index >= 15 is 0 Å². The van der Waals surface area contributed by atoms with Crippen LogP contribution in [0.4, 0.5) is 0 Å². The topological polar surface area (TPSA) is 4.44 Å². The van der Waals surface area contributed by atoms with Gasteiger partial charge in [0.25, 0.3) is 0 Å². The Morgan fingerprint density at radius 3 is 0.457 bits per heavy atom. The molecule has 0 bridgehead atoms. The zero-order chi connectivity index (χ0) is 33.3. The highest BCUT2D eigenvalue weighted by molar-refractivity contribution is 4.52. The van der Waals surface area contributed by atoms with Crippen LogP contribution in [-0.2, 0) is 0 Å². The maximum Gasteiger partial charge on any atom is 0.0770 e. The van der Waals surface area contributed by atoms with Crippen LogP contribution in [0.5, 0.6) is 0 Å². The minimum Gasteiger partial charge on any atom is -0.335 e. The number of unbranched alkanes of at least 4 members (excludes halogenated alkanes) is 36. The average molecular weight is 649 g/mol. The Morgan fingerprint density at radius 2 is 0.304 bits per heavy atom. The minimum absolute atomic E-state index is 1.37. The van der Waals surface area contributed by atoms with Crippen LogP contribution >= 0.6 is 0 Å². The van der Waals surface area contributed by atoms with Crippen LogP contribution in [-0.4, -0.2) is 19.6 Å². The number of rotatable bonds is 42. The fourth-order valence-electron chi connectivity index (χ4n) is 7.55. The molecule has 0 aliphatic carbocycles. The summed E-state index contributed by atoms with van der Waals surface area (Å²) < 4.78 is 0. The molecule has 0 radical (unpaired) electrons. The Balaban J connectivity index is 3.91. The van der Waals surface area contributed by atoms with Crippen LogP contribution in [0.3, 0.4) is 0 Å². The van der Waals surface area contributed by atoms with Gasteiger partial charge >= 0.3 is 0 Å². The molecule has 0 rings (SSSR count). The summed E-state index contributed by atoms with van der Waals surface area (Å²) in [4.78, 5) is 1.95. The predicted molar refractivity (Wildman–Crippen MR) is 213 cm³/mol. The third-order valence-electron chi connectivity index (χ3n) is 10.9. The van der Waals surface area contributed by atoms with Crippen LogP contribution < -0.4 is 4.90 Å². The van der Waals surface area contributed by atoms with E-state index in [1.165, 1.54) is 270 Å². The highest BCUT2D eigenvalue weighted by Crippen LogP contribution is 2.15. The Hall–Kier alpha value is -0.0400. The van der Waals surface area contributed by atoms with Gasteiger partial charge in [0.05, 0.1) is 19.6 Å². The molecule has 0 spiro atoms. The molecule has 1 nitrogen and oxygen atoms in total. The molecule has 0 unspecified atom stereocenters. The molecule has 0 aromatic heterocycles. The monoisotopic (exact) mass is 649 g/mol. The molecule has 0 saturated heterocycles. The van der Waals surface area contributed by atoms with E-state index in [1.54, 1.807) is 0 Å². The Morgan fingerprint density at radius 1 is 0.174 bits per heavy atom. The molecule has 0 heterocycles. The smallest absolute Gasteiger partial charge is 0.0770 e. The molecular formula is C45H94N+. The molecule has 0 aromatic rings. The van der Waals surface area contributed by atoms with Gasteiger partial charge in [0, 0.05) is 0 Å². The van der Waals surface area contributed by atoms with E-state index in [0.29, 0.717) is 0 Å². The fraction of sp³-hybridized carbons (Fsp3) is 1.00. The second-order valence-electron chi connectivity index (χ2n) is 15.7. The zero-order valence-corrected chi connectivity index (χ0v) is 33.2. The van der Waals surface area contributed by atoms with E-state index in [-0.39, 0.29) is 0 Å². The summed E-state index contributed by atoms with van der Waals surface area (Å²) in [5, 5.41) is 0. The van der Waals surface area contributed by atoms with Gasteiger partial charge in [0.1, 0.15) is 0 Å². The molecule has 0 aliphatic rings. The summed E-state index contributed by atoms with van der Waals surface area (Å²) in [7, 11) is 0. The molecule has 0 saturated carbocycles. The van der Waals surface area contributed by atoms with Gasteiger partial charge in [-0.05, 0) is 38.5 Å². The van der Waals surface area contributed by atoms with Gasteiger partial charge in [-0.3, -0.25) is 0 Å². The second-order valence-corrected chi connectivity index (χ2v) is 15.7. The summed E-state index contributed by atoms with van der Waals surface area (Å²) >= 11 is 0. The van der Waals surface area contributed by atoms with Gasteiger partial charge in [-0.1, -0.05) is 233 Å². The molecule has 278 valence electrons. The van der Waals surface area contributed by atoms with Gasteiger partial charge in [-0.15, -0.1) is 0 Å². The third-order valence-corrected chi connectivity index (χ3v) is 10.9. The Kier molecular flexibility index (Phi) is 42.9. The van der Waals surface area contributed by atoms with E-state index in [0.717, 1.165) is 0 Å². The lowest BCUT2D eigenvalue weighted by Gasteiger charge is -2.20. The van der Waals surface area contributed by atoms with Gasteiger partial charge in [0.15, 0.2) is 0 Å². The van der Waals surface area contributed by atoms with Gasteiger partial charge in [-0.2, -0.15) is 0 Å². The van der Waals surface area contributed by atoms with E-state index in [4.69, 9.17) is 0 Å². The lowest BCUT2D eigenvalue weighted by Crippen LogP contribution is -3.12. The van der Waals surface area contributed by atoms with Gasteiger partial charge < -0.3 is 4.90 Å². The molecule has 0 amide bonds. The lowest BCUT2D eigenvalue weighted by atomic mass is 10.0. The van der Waals surface area contributed by atoms with Crippen molar-refractivity contribution >= 4 is 0 Å². The standard InChI is InChI=1S/C45H93N/c1-4-7-10-13-16-19-22-25-28-31-34-37-40-43-46(44-41-38-35-32-29-26-23-20-17-14-11-8-5-2)45-42-39-36-33-30-27-24-21-18-15-12-9-6-3/h4-45H2,1-3H3/p+1. The molecule has 46 heavy (non-hydrogen) atoms. The predicted octanol–water partition coefficient (Wildman–Crippen LogP) is 15.1. The van der Waals surface area contributed by atoms with E-state index in [1.807, 2.05) is 4.90 Å². The maximum atomic E-state index is 2.32. The lowest BCUT2D eigenvalue weighted by molar-refractivity contribution is -0.900. The van der Waals surface area contributed by atoms with Crippen molar-refractivity contribution in [3.8, 4) is 0 Å². The largest absolute Gasteiger partial charge is 0.335 e. The maximum absolute atomic E-state index is 2.32. The SMILES string of the molecule is CCCCCCCCCCCCCCC[NH+](CCCCCCCCCCCCCCC)CCCCCCCCCCCCCCC. The molecule has 1 heteroatoms. The summed E-state index contributed by atoms with van der Waals surface area (Å²) in [5.74, 6) is 0. The van der Waals surface area contributed by atoms with E-state index in [2.05, 4.69) is 20.8 Å². The summed E-state index contributed by atoms with van der Waals surface area (Å²) in [6.07, 6.45) is 57.4. The van der Waals surface area contributed by atoms with Crippen molar-refractivity contribution in [2.45, 2.75) is 271 Å².